The van der Waals surface area contributed by atoms with E-state index in [0.29, 0.717) is 6.54 Å². The number of carbonyl (C=O) groups is 4. The van der Waals surface area contributed by atoms with Crippen LogP contribution < -0.4 is 0 Å². The molecule has 0 aromatic rings. The Balaban J connectivity index is 1.19. The Kier molecular flexibility index (Phi) is 4.29. The summed E-state index contributed by atoms with van der Waals surface area (Å²) in [6.07, 6.45) is 12.0. The first-order valence-electron chi connectivity index (χ1n) is 11.8. The topological polar surface area (TPSA) is 78.0 Å². The van der Waals surface area contributed by atoms with Crippen LogP contribution in [-0.4, -0.2) is 58.2 Å². The smallest absolute Gasteiger partial charge is 0.234 e. The molecule has 6 aliphatic rings. The van der Waals surface area contributed by atoms with Crippen molar-refractivity contribution in [3.63, 3.8) is 0 Å². The predicted octanol–water partition coefficient (Wildman–Crippen LogP) is 1.62. The average molecular weight is 424 g/mol. The van der Waals surface area contributed by atoms with Gasteiger partial charge < -0.3 is 0 Å². The van der Waals surface area contributed by atoms with E-state index >= 15 is 0 Å². The SMILES string of the molecule is CCCCN(CN1C(=O)[C@@H]2[C@H](C1=O)[C@H]1C=C[C@H]2C1)CN1C(=O)[C@H]2[C@H](C1=O)[C@H]1C=C[C@H]2C1. The Morgan fingerprint density at radius 3 is 1.39 bits per heavy atom. The first-order valence-corrected chi connectivity index (χ1v) is 11.8. The van der Waals surface area contributed by atoms with Gasteiger partial charge in [-0.25, -0.2) is 0 Å². The fraction of sp³-hybridized carbons (Fsp3) is 0.667. The monoisotopic (exact) mass is 423 g/mol. The second-order valence-corrected chi connectivity index (χ2v) is 10.2. The molecule has 2 aliphatic heterocycles. The summed E-state index contributed by atoms with van der Waals surface area (Å²) in [7, 11) is 0. The van der Waals surface area contributed by atoms with Crippen molar-refractivity contribution >= 4 is 23.6 Å². The minimum absolute atomic E-state index is 0.0773. The van der Waals surface area contributed by atoms with Crippen molar-refractivity contribution in [1.82, 2.24) is 14.7 Å². The van der Waals surface area contributed by atoms with Gasteiger partial charge in [0.15, 0.2) is 0 Å². The van der Waals surface area contributed by atoms with Gasteiger partial charge >= 0.3 is 0 Å². The van der Waals surface area contributed by atoms with Crippen LogP contribution in [0.25, 0.3) is 0 Å². The zero-order valence-corrected chi connectivity index (χ0v) is 17.9. The van der Waals surface area contributed by atoms with Gasteiger partial charge in [-0.15, -0.1) is 0 Å². The number of imide groups is 2. The highest BCUT2D eigenvalue weighted by molar-refractivity contribution is 6.07. The van der Waals surface area contributed by atoms with Gasteiger partial charge in [0.2, 0.25) is 23.6 Å². The quantitative estimate of drug-likeness (QED) is 0.459. The summed E-state index contributed by atoms with van der Waals surface area (Å²) < 4.78 is 0. The fourth-order valence-electron chi connectivity index (χ4n) is 7.17. The zero-order chi connectivity index (χ0) is 21.4. The van der Waals surface area contributed by atoms with E-state index in [1.54, 1.807) is 0 Å². The summed E-state index contributed by atoms with van der Waals surface area (Å²) in [4.78, 5) is 57.2. The molecule has 0 N–H and O–H groups in total. The van der Waals surface area contributed by atoms with Crippen LogP contribution in [0.15, 0.2) is 24.3 Å². The number of amides is 4. The van der Waals surface area contributed by atoms with Gasteiger partial charge in [0.05, 0.1) is 37.0 Å². The van der Waals surface area contributed by atoms with E-state index in [1.165, 1.54) is 9.80 Å². The number of fused-ring (bicyclic) bond motifs is 10. The molecule has 4 fully saturated rings. The lowest BCUT2D eigenvalue weighted by Gasteiger charge is -2.31. The standard InChI is InChI=1S/C24H29N3O4/c1-2-3-8-25(11-26-21(28)17-13-4-5-14(9-13)18(17)22(26)29)12-27-23(30)19-15-6-7-16(10-15)20(19)24(27)31/h4-7,13-20H,2-3,8-12H2,1H3/t13-,14-,15-,16-,17-,18+,19+,20+/m0/s1. The van der Waals surface area contributed by atoms with E-state index in [9.17, 15) is 19.2 Å². The van der Waals surface area contributed by atoms with E-state index in [1.807, 2.05) is 4.90 Å². The molecule has 0 unspecified atom stereocenters. The van der Waals surface area contributed by atoms with E-state index in [2.05, 4.69) is 31.2 Å². The zero-order valence-electron chi connectivity index (χ0n) is 17.9. The molecule has 7 heteroatoms. The van der Waals surface area contributed by atoms with Crippen molar-refractivity contribution in [1.29, 1.82) is 0 Å². The van der Waals surface area contributed by atoms with Crippen LogP contribution in [0.2, 0.25) is 0 Å². The van der Waals surface area contributed by atoms with Crippen LogP contribution in [0.1, 0.15) is 32.6 Å². The third kappa shape index (κ3) is 2.62. The van der Waals surface area contributed by atoms with Gasteiger partial charge in [0.1, 0.15) is 0 Å². The van der Waals surface area contributed by atoms with Gasteiger partial charge in [0.25, 0.3) is 0 Å². The van der Waals surface area contributed by atoms with E-state index in [-0.39, 0.29) is 84.3 Å². The molecular formula is C24H29N3O4. The largest absolute Gasteiger partial charge is 0.274 e. The first-order chi connectivity index (χ1) is 15.0. The maximum absolute atomic E-state index is 13.1. The summed E-state index contributed by atoms with van der Waals surface area (Å²) in [5, 5.41) is 0. The molecule has 0 aromatic heterocycles. The Morgan fingerprint density at radius 1 is 0.710 bits per heavy atom. The molecule has 4 bridgehead atoms. The Hall–Kier alpha value is -2.28. The Bertz CT molecular complexity index is 796. The van der Waals surface area contributed by atoms with Crippen molar-refractivity contribution in [3.05, 3.63) is 24.3 Å². The molecule has 31 heavy (non-hydrogen) atoms. The van der Waals surface area contributed by atoms with Crippen LogP contribution in [-0.2, 0) is 19.2 Å². The Labute approximate surface area is 182 Å². The molecule has 8 atom stereocenters. The lowest BCUT2D eigenvalue weighted by molar-refractivity contribution is -0.146. The van der Waals surface area contributed by atoms with Gasteiger partial charge in [-0.3, -0.25) is 33.9 Å². The second-order valence-electron chi connectivity index (χ2n) is 10.2. The predicted molar refractivity (Wildman–Crippen MR) is 110 cm³/mol. The molecule has 0 radical (unpaired) electrons. The van der Waals surface area contributed by atoms with Crippen molar-refractivity contribution in [2.45, 2.75) is 32.6 Å². The minimum atomic E-state index is -0.216. The summed E-state index contributed by atoms with van der Waals surface area (Å²) in [5.74, 6) is -0.434. The van der Waals surface area contributed by atoms with Crippen LogP contribution in [0.5, 0.6) is 0 Å². The minimum Gasteiger partial charge on any atom is -0.274 e. The maximum Gasteiger partial charge on any atom is 0.234 e. The molecule has 2 saturated heterocycles. The molecule has 7 nitrogen and oxygen atoms in total. The number of likely N-dealkylation sites (tertiary alicyclic amines) is 2. The molecule has 164 valence electrons. The summed E-state index contributed by atoms with van der Waals surface area (Å²) >= 11 is 0. The van der Waals surface area contributed by atoms with E-state index in [4.69, 9.17) is 0 Å². The van der Waals surface area contributed by atoms with Crippen molar-refractivity contribution < 1.29 is 19.2 Å². The number of allylic oxidation sites excluding steroid dienone is 4. The molecule has 2 saturated carbocycles. The number of carbonyl (C=O) groups excluding carboxylic acids is 4. The van der Waals surface area contributed by atoms with Crippen LogP contribution in [0, 0.1) is 47.3 Å². The molecule has 4 amide bonds. The van der Waals surface area contributed by atoms with Gasteiger partial charge in [-0.05, 0) is 42.9 Å². The molecule has 4 aliphatic carbocycles. The van der Waals surface area contributed by atoms with Crippen molar-refractivity contribution in [2.75, 3.05) is 19.9 Å². The van der Waals surface area contributed by atoms with Crippen LogP contribution in [0.4, 0.5) is 0 Å². The average Bonchev–Trinajstić information content (AvgIpc) is 3.59. The molecule has 6 rings (SSSR count). The Morgan fingerprint density at radius 2 is 1.06 bits per heavy atom. The van der Waals surface area contributed by atoms with Crippen LogP contribution >= 0.6 is 0 Å². The van der Waals surface area contributed by atoms with Gasteiger partial charge in [-0.1, -0.05) is 37.6 Å². The maximum atomic E-state index is 13.1. The summed E-state index contributed by atoms with van der Waals surface area (Å²) in [5.41, 5.74) is 0. The van der Waals surface area contributed by atoms with Gasteiger partial charge in [0, 0.05) is 6.54 Å². The van der Waals surface area contributed by atoms with Crippen molar-refractivity contribution in [3.8, 4) is 0 Å². The van der Waals surface area contributed by atoms with Gasteiger partial charge in [-0.2, -0.15) is 0 Å². The van der Waals surface area contributed by atoms with Crippen LogP contribution in [0.3, 0.4) is 0 Å². The highest BCUT2D eigenvalue weighted by atomic mass is 16.2. The van der Waals surface area contributed by atoms with E-state index in [0.717, 1.165) is 25.7 Å². The first kappa shape index (κ1) is 19.4. The number of nitrogens with zero attached hydrogens (tertiary/aromatic N) is 3. The third-order valence-corrected chi connectivity index (χ3v) is 8.63. The second kappa shape index (κ2) is 6.86. The fourth-order valence-corrected chi connectivity index (χ4v) is 7.17. The normalized spacial score (nSPS) is 41.6. The number of unbranched alkanes of at least 4 members (excludes halogenated alkanes) is 1. The highest BCUT2D eigenvalue weighted by Gasteiger charge is 2.61. The summed E-state index contributed by atoms with van der Waals surface area (Å²) in [6.45, 7) is 3.06. The molecular weight excluding hydrogens is 394 g/mol. The third-order valence-electron chi connectivity index (χ3n) is 8.63. The molecule has 0 aromatic carbocycles. The number of hydrogen-bond donors (Lipinski definition) is 0. The van der Waals surface area contributed by atoms with E-state index < -0.39 is 0 Å². The number of rotatable bonds is 7. The molecule has 2 heterocycles. The summed E-state index contributed by atoms with van der Waals surface area (Å²) in [6, 6.07) is 0. The van der Waals surface area contributed by atoms with Crippen molar-refractivity contribution in [2.24, 2.45) is 47.3 Å². The number of hydrogen-bond acceptors (Lipinski definition) is 5. The lowest BCUT2D eigenvalue weighted by Crippen LogP contribution is -2.49. The highest BCUT2D eigenvalue weighted by Crippen LogP contribution is 2.53. The lowest BCUT2D eigenvalue weighted by atomic mass is 9.85. The molecule has 0 spiro atoms.